The third-order valence-corrected chi connectivity index (χ3v) is 3.34. The summed E-state index contributed by atoms with van der Waals surface area (Å²) >= 11 is 0.774. The van der Waals surface area contributed by atoms with Crippen molar-refractivity contribution in [1.82, 2.24) is 14.7 Å². The van der Waals surface area contributed by atoms with Gasteiger partial charge in [0.2, 0.25) is 11.0 Å². The molecule has 0 aromatic carbocycles. The van der Waals surface area contributed by atoms with Gasteiger partial charge >= 0.3 is 6.18 Å². The van der Waals surface area contributed by atoms with Crippen molar-refractivity contribution in [2.24, 2.45) is 0 Å². The lowest BCUT2D eigenvalue weighted by molar-refractivity contribution is -0.144. The minimum Gasteiger partial charge on any atom is -0.377 e. The van der Waals surface area contributed by atoms with Crippen molar-refractivity contribution >= 4 is 16.7 Å². The van der Waals surface area contributed by atoms with E-state index in [4.69, 9.17) is 4.74 Å². The van der Waals surface area contributed by atoms with Gasteiger partial charge in [-0.25, -0.2) is 0 Å². The predicted molar refractivity (Wildman–Crippen MR) is 60.8 cm³/mol. The Balaban J connectivity index is 2.15. The van der Waals surface area contributed by atoms with Gasteiger partial charge in [-0.15, -0.1) is 0 Å². The highest BCUT2D eigenvalue weighted by atomic mass is 32.1. The zero-order chi connectivity index (χ0) is 13.2. The fraction of sp³-hybridized carbons (Fsp3) is 0.778. The van der Waals surface area contributed by atoms with Crippen LogP contribution < -0.4 is 10.2 Å². The standard InChI is InChI=1S/C9H13F3N4OS/c1-13-4-6-5-17-3-2-16(6)8-14-7(15-18-8)9(10,11)12/h6,13H,2-5H2,1H3. The third kappa shape index (κ3) is 2.90. The minimum absolute atomic E-state index is 0.0159. The van der Waals surface area contributed by atoms with E-state index in [0.29, 0.717) is 31.4 Å². The van der Waals surface area contributed by atoms with Crippen molar-refractivity contribution in [3.8, 4) is 0 Å². The number of hydrogen-bond donors (Lipinski definition) is 1. The fourth-order valence-corrected chi connectivity index (χ4v) is 2.54. The molecule has 1 atom stereocenters. The molecule has 1 N–H and O–H groups in total. The third-order valence-electron chi connectivity index (χ3n) is 2.58. The second kappa shape index (κ2) is 5.37. The van der Waals surface area contributed by atoms with Gasteiger partial charge in [0, 0.05) is 24.6 Å². The van der Waals surface area contributed by atoms with Gasteiger partial charge < -0.3 is 15.0 Å². The molecule has 1 fully saturated rings. The van der Waals surface area contributed by atoms with E-state index in [-0.39, 0.29) is 6.04 Å². The molecule has 1 unspecified atom stereocenters. The lowest BCUT2D eigenvalue weighted by atomic mass is 10.2. The van der Waals surface area contributed by atoms with Crippen molar-refractivity contribution in [3.63, 3.8) is 0 Å². The molecule has 2 rings (SSSR count). The minimum atomic E-state index is -4.49. The first-order valence-electron chi connectivity index (χ1n) is 5.42. The van der Waals surface area contributed by atoms with Gasteiger partial charge in [-0.2, -0.15) is 22.5 Å². The zero-order valence-electron chi connectivity index (χ0n) is 9.70. The first-order chi connectivity index (χ1) is 8.52. The number of rotatable bonds is 3. The van der Waals surface area contributed by atoms with Crippen LogP contribution in [0.25, 0.3) is 0 Å². The SMILES string of the molecule is CNCC1COCCN1c1nc(C(F)(F)F)ns1. The summed E-state index contributed by atoms with van der Waals surface area (Å²) in [5.41, 5.74) is 0. The number of likely N-dealkylation sites (N-methyl/N-ethyl adjacent to an activating group) is 1. The van der Waals surface area contributed by atoms with Crippen LogP contribution in [0.4, 0.5) is 18.3 Å². The Labute approximate surface area is 106 Å². The molecule has 0 radical (unpaired) electrons. The first kappa shape index (κ1) is 13.5. The smallest absolute Gasteiger partial charge is 0.377 e. The Kier molecular flexibility index (Phi) is 4.03. The van der Waals surface area contributed by atoms with Crippen molar-refractivity contribution in [1.29, 1.82) is 0 Å². The second-order valence-electron chi connectivity index (χ2n) is 3.88. The topological polar surface area (TPSA) is 50.3 Å². The summed E-state index contributed by atoms with van der Waals surface area (Å²) in [5.74, 6) is -1.07. The summed E-state index contributed by atoms with van der Waals surface area (Å²) < 4.78 is 46.0. The van der Waals surface area contributed by atoms with Gasteiger partial charge in [0.1, 0.15) is 0 Å². The van der Waals surface area contributed by atoms with Crippen LogP contribution in [0.2, 0.25) is 0 Å². The van der Waals surface area contributed by atoms with Crippen LogP contribution in [-0.4, -0.2) is 48.8 Å². The predicted octanol–water partition coefficient (Wildman–Crippen LogP) is 0.982. The van der Waals surface area contributed by atoms with Crippen LogP contribution in [0.5, 0.6) is 0 Å². The molecule has 5 nitrogen and oxygen atoms in total. The Morgan fingerprint density at radius 1 is 1.56 bits per heavy atom. The number of hydrogen-bond acceptors (Lipinski definition) is 6. The Morgan fingerprint density at radius 3 is 2.94 bits per heavy atom. The van der Waals surface area contributed by atoms with Crippen molar-refractivity contribution in [2.45, 2.75) is 12.2 Å². The molecule has 0 spiro atoms. The molecule has 1 saturated heterocycles. The second-order valence-corrected chi connectivity index (χ2v) is 4.61. The first-order valence-corrected chi connectivity index (χ1v) is 6.19. The normalized spacial score (nSPS) is 21.3. The zero-order valence-corrected chi connectivity index (χ0v) is 10.5. The van der Waals surface area contributed by atoms with E-state index in [0.717, 1.165) is 11.5 Å². The van der Waals surface area contributed by atoms with E-state index < -0.39 is 12.0 Å². The molecule has 1 aliphatic heterocycles. The molecule has 0 aliphatic carbocycles. The average Bonchev–Trinajstić information content (AvgIpc) is 2.79. The summed E-state index contributed by atoms with van der Waals surface area (Å²) in [7, 11) is 1.79. The molecule has 2 heterocycles. The number of alkyl halides is 3. The lowest BCUT2D eigenvalue weighted by Gasteiger charge is -2.34. The van der Waals surface area contributed by atoms with Gasteiger partial charge in [-0.1, -0.05) is 0 Å². The Bertz CT molecular complexity index is 395. The van der Waals surface area contributed by atoms with Crippen LogP contribution in [-0.2, 0) is 10.9 Å². The lowest BCUT2D eigenvalue weighted by Crippen LogP contribution is -2.50. The number of anilines is 1. The number of morpholine rings is 1. The highest BCUT2D eigenvalue weighted by molar-refractivity contribution is 7.09. The molecule has 0 bridgehead atoms. The number of nitrogens with zero attached hydrogens (tertiary/aromatic N) is 3. The molecule has 0 amide bonds. The van der Waals surface area contributed by atoms with Gasteiger partial charge in [-0.3, -0.25) is 0 Å². The molecule has 1 aliphatic rings. The molecule has 0 saturated carbocycles. The van der Waals surface area contributed by atoms with Gasteiger partial charge in [0.15, 0.2) is 0 Å². The van der Waals surface area contributed by atoms with Crippen molar-refractivity contribution < 1.29 is 17.9 Å². The number of aromatic nitrogens is 2. The summed E-state index contributed by atoms with van der Waals surface area (Å²) in [6.07, 6.45) is -4.49. The Morgan fingerprint density at radius 2 is 2.33 bits per heavy atom. The molecule has 1 aromatic rings. The van der Waals surface area contributed by atoms with E-state index in [2.05, 4.69) is 14.7 Å². The molecular formula is C9H13F3N4OS. The van der Waals surface area contributed by atoms with Crippen molar-refractivity contribution in [3.05, 3.63) is 5.82 Å². The monoisotopic (exact) mass is 282 g/mol. The maximum absolute atomic E-state index is 12.4. The molecule has 9 heteroatoms. The summed E-state index contributed by atoms with van der Waals surface area (Å²) in [6.45, 7) is 2.11. The highest BCUT2D eigenvalue weighted by Gasteiger charge is 2.37. The van der Waals surface area contributed by atoms with Crippen LogP contribution in [0.1, 0.15) is 5.82 Å². The largest absolute Gasteiger partial charge is 0.452 e. The van der Waals surface area contributed by atoms with E-state index in [1.54, 1.807) is 7.05 Å². The van der Waals surface area contributed by atoms with Gasteiger partial charge in [0.05, 0.1) is 19.3 Å². The van der Waals surface area contributed by atoms with Crippen LogP contribution in [0, 0.1) is 0 Å². The number of nitrogens with one attached hydrogen (secondary N) is 1. The van der Waals surface area contributed by atoms with Gasteiger partial charge in [0.25, 0.3) is 0 Å². The summed E-state index contributed by atoms with van der Waals surface area (Å²) in [4.78, 5) is 5.38. The molecule has 102 valence electrons. The average molecular weight is 282 g/mol. The summed E-state index contributed by atoms with van der Waals surface area (Å²) in [5, 5.41) is 3.28. The van der Waals surface area contributed by atoms with Crippen molar-refractivity contribution in [2.75, 3.05) is 38.3 Å². The van der Waals surface area contributed by atoms with Crippen LogP contribution >= 0.6 is 11.5 Å². The molecule has 18 heavy (non-hydrogen) atoms. The van der Waals surface area contributed by atoms with Crippen LogP contribution in [0.3, 0.4) is 0 Å². The summed E-state index contributed by atoms with van der Waals surface area (Å²) in [6, 6.07) is -0.0159. The van der Waals surface area contributed by atoms with Gasteiger partial charge in [-0.05, 0) is 7.05 Å². The number of ether oxygens (including phenoxy) is 1. The quantitative estimate of drug-likeness (QED) is 0.895. The van der Waals surface area contributed by atoms with E-state index >= 15 is 0 Å². The van der Waals surface area contributed by atoms with E-state index in [1.807, 2.05) is 4.90 Å². The fourth-order valence-electron chi connectivity index (χ4n) is 1.76. The highest BCUT2D eigenvalue weighted by Crippen LogP contribution is 2.31. The van der Waals surface area contributed by atoms with E-state index in [9.17, 15) is 13.2 Å². The van der Waals surface area contributed by atoms with Crippen LogP contribution in [0.15, 0.2) is 0 Å². The Hall–Kier alpha value is -0.930. The molecule has 1 aromatic heterocycles. The molecular weight excluding hydrogens is 269 g/mol. The maximum atomic E-state index is 12.4. The number of halogens is 3. The van der Waals surface area contributed by atoms with E-state index in [1.165, 1.54) is 0 Å². The maximum Gasteiger partial charge on any atom is 0.452 e.